The quantitative estimate of drug-likeness (QED) is 0.157. The third-order valence-electron chi connectivity index (χ3n) is 3.89. The van der Waals surface area contributed by atoms with Gasteiger partial charge in [-0.1, -0.05) is 83.4 Å². The minimum absolute atomic E-state index is 0.838. The van der Waals surface area contributed by atoms with E-state index in [1.54, 1.807) is 0 Å². The third kappa shape index (κ3) is 19.3. The lowest BCUT2D eigenvalue weighted by Gasteiger charge is -2.01. The van der Waals surface area contributed by atoms with E-state index in [1.165, 1.54) is 96.2 Å². The summed E-state index contributed by atoms with van der Waals surface area (Å²) in [5.74, 6) is 0. The fourth-order valence-corrected chi connectivity index (χ4v) is 2.52. The van der Waals surface area contributed by atoms with Crippen molar-refractivity contribution in [3.8, 4) is 0 Å². The predicted molar refractivity (Wildman–Crippen MR) is 95.6 cm³/mol. The molecule has 0 aromatic rings. The summed E-state index contributed by atoms with van der Waals surface area (Å²) in [6.07, 6.45) is 25.2. The summed E-state index contributed by atoms with van der Waals surface area (Å²) in [5, 5.41) is 0. The first-order chi connectivity index (χ1) is 10.4. The molecule has 21 heavy (non-hydrogen) atoms. The van der Waals surface area contributed by atoms with Crippen molar-refractivity contribution in [3.63, 3.8) is 0 Å². The van der Waals surface area contributed by atoms with Crippen LogP contribution in [-0.4, -0.2) is 6.61 Å². The van der Waals surface area contributed by atoms with Crippen LogP contribution >= 0.6 is 0 Å². The highest BCUT2D eigenvalue weighted by molar-refractivity contribution is 4.81. The van der Waals surface area contributed by atoms with Crippen LogP contribution in [0.5, 0.6) is 0 Å². The minimum atomic E-state index is 0.838. The molecule has 0 rings (SSSR count). The Kier molecular flexibility index (Phi) is 18.6. The highest BCUT2D eigenvalue weighted by Crippen LogP contribution is 2.09. The summed E-state index contributed by atoms with van der Waals surface area (Å²) in [6.45, 7) is 6.66. The molecule has 0 atom stereocenters. The van der Waals surface area contributed by atoms with Gasteiger partial charge in [-0.2, -0.15) is 0 Å². The van der Waals surface area contributed by atoms with Crippen molar-refractivity contribution in [1.82, 2.24) is 0 Å². The molecule has 0 radical (unpaired) electrons. The molecule has 0 fully saturated rings. The Hall–Kier alpha value is -0.720. The minimum Gasteiger partial charge on any atom is -0.502 e. The van der Waals surface area contributed by atoms with Crippen LogP contribution in [0.4, 0.5) is 0 Å². The van der Waals surface area contributed by atoms with Crippen LogP contribution in [0.2, 0.25) is 0 Å². The largest absolute Gasteiger partial charge is 0.502 e. The van der Waals surface area contributed by atoms with Gasteiger partial charge in [0.1, 0.15) is 0 Å². The molecular weight excluding hydrogens is 256 g/mol. The molecule has 0 aromatic carbocycles. The zero-order valence-electron chi connectivity index (χ0n) is 14.5. The van der Waals surface area contributed by atoms with Gasteiger partial charge in [0.25, 0.3) is 0 Å². The number of rotatable bonds is 17. The van der Waals surface area contributed by atoms with Crippen molar-refractivity contribution in [2.45, 2.75) is 96.8 Å². The summed E-state index contributed by atoms with van der Waals surface area (Å²) < 4.78 is 5.11. The van der Waals surface area contributed by atoms with Gasteiger partial charge in [0, 0.05) is 0 Å². The van der Waals surface area contributed by atoms with E-state index in [0.717, 1.165) is 6.61 Å². The van der Waals surface area contributed by atoms with Gasteiger partial charge in [0.2, 0.25) is 0 Å². The van der Waals surface area contributed by atoms with Crippen LogP contribution in [0.3, 0.4) is 0 Å². The van der Waals surface area contributed by atoms with Gasteiger partial charge in [-0.3, -0.25) is 0 Å². The molecule has 1 heteroatoms. The van der Waals surface area contributed by atoms with Crippen LogP contribution in [0, 0.1) is 0 Å². The molecule has 0 saturated carbocycles. The van der Waals surface area contributed by atoms with Crippen molar-refractivity contribution in [1.29, 1.82) is 0 Å². The highest BCUT2D eigenvalue weighted by Gasteiger charge is 1.91. The first-order valence-electron chi connectivity index (χ1n) is 9.29. The first-order valence-corrected chi connectivity index (χ1v) is 9.29. The van der Waals surface area contributed by atoms with Gasteiger partial charge in [0.15, 0.2) is 0 Å². The Balaban J connectivity index is 3.03. The van der Waals surface area contributed by atoms with Crippen molar-refractivity contribution >= 4 is 0 Å². The van der Waals surface area contributed by atoms with Gasteiger partial charge in [-0.15, -0.1) is 0 Å². The van der Waals surface area contributed by atoms with E-state index < -0.39 is 0 Å². The van der Waals surface area contributed by atoms with E-state index in [4.69, 9.17) is 4.74 Å². The summed E-state index contributed by atoms with van der Waals surface area (Å²) in [4.78, 5) is 0. The molecule has 1 nitrogen and oxygen atoms in total. The van der Waals surface area contributed by atoms with E-state index in [2.05, 4.69) is 25.7 Å². The molecular formula is C20H38O. The van der Waals surface area contributed by atoms with E-state index in [-0.39, 0.29) is 0 Å². The lowest BCUT2D eigenvalue weighted by atomic mass is 10.1. The zero-order valence-corrected chi connectivity index (χ0v) is 14.5. The maximum Gasteiger partial charge on any atom is 0.0873 e. The number of ether oxygens (including phenoxy) is 1. The monoisotopic (exact) mass is 294 g/mol. The second kappa shape index (κ2) is 19.3. The Labute approximate surface area is 133 Å². The number of allylic oxidation sites excluding steroid dienone is 2. The van der Waals surface area contributed by atoms with Crippen LogP contribution in [0.25, 0.3) is 0 Å². The molecule has 0 saturated heterocycles. The number of unbranched alkanes of at least 4 members (excludes halogenated alkanes) is 12. The SMILES string of the molecule is C=COCCCCCCCC/C=C\CCCCCCCC. The molecule has 0 heterocycles. The Morgan fingerprint density at radius 3 is 1.67 bits per heavy atom. The Morgan fingerprint density at radius 1 is 0.667 bits per heavy atom. The van der Waals surface area contributed by atoms with E-state index in [1.807, 2.05) is 0 Å². The van der Waals surface area contributed by atoms with Gasteiger partial charge < -0.3 is 4.74 Å². The molecule has 0 aliphatic heterocycles. The van der Waals surface area contributed by atoms with Gasteiger partial charge in [-0.25, -0.2) is 0 Å². The Morgan fingerprint density at radius 2 is 1.14 bits per heavy atom. The smallest absolute Gasteiger partial charge is 0.0873 e. The van der Waals surface area contributed by atoms with Crippen molar-refractivity contribution in [2.75, 3.05) is 6.61 Å². The van der Waals surface area contributed by atoms with Crippen LogP contribution in [0.1, 0.15) is 96.8 Å². The molecule has 0 bridgehead atoms. The molecule has 0 unspecified atom stereocenters. The average Bonchev–Trinajstić information content (AvgIpc) is 2.50. The summed E-state index contributed by atoms with van der Waals surface area (Å²) >= 11 is 0. The maximum atomic E-state index is 5.11. The molecule has 0 aliphatic rings. The normalized spacial score (nSPS) is 11.1. The first kappa shape index (κ1) is 20.3. The molecule has 0 aliphatic carbocycles. The lowest BCUT2D eigenvalue weighted by molar-refractivity contribution is 0.241. The molecule has 0 amide bonds. The van der Waals surface area contributed by atoms with E-state index >= 15 is 0 Å². The second-order valence-corrected chi connectivity index (χ2v) is 5.98. The van der Waals surface area contributed by atoms with E-state index in [9.17, 15) is 0 Å². The summed E-state index contributed by atoms with van der Waals surface area (Å²) in [5.41, 5.74) is 0. The summed E-state index contributed by atoms with van der Waals surface area (Å²) in [7, 11) is 0. The van der Waals surface area contributed by atoms with Gasteiger partial charge in [-0.05, 0) is 32.1 Å². The van der Waals surface area contributed by atoms with E-state index in [0.29, 0.717) is 0 Å². The molecule has 0 aromatic heterocycles. The second-order valence-electron chi connectivity index (χ2n) is 5.98. The maximum absolute atomic E-state index is 5.11. The predicted octanol–water partition coefficient (Wildman–Crippen LogP) is 7.18. The zero-order chi connectivity index (χ0) is 15.4. The Bertz CT molecular complexity index is 220. The average molecular weight is 295 g/mol. The van der Waals surface area contributed by atoms with Gasteiger partial charge >= 0.3 is 0 Å². The number of hydrogen-bond acceptors (Lipinski definition) is 1. The topological polar surface area (TPSA) is 9.23 Å². The number of hydrogen-bond donors (Lipinski definition) is 0. The van der Waals surface area contributed by atoms with Crippen molar-refractivity contribution < 1.29 is 4.74 Å². The molecule has 0 N–H and O–H groups in total. The fraction of sp³-hybridized carbons (Fsp3) is 0.800. The fourth-order valence-electron chi connectivity index (χ4n) is 2.52. The van der Waals surface area contributed by atoms with Gasteiger partial charge in [0.05, 0.1) is 12.9 Å². The third-order valence-corrected chi connectivity index (χ3v) is 3.89. The molecule has 124 valence electrons. The van der Waals surface area contributed by atoms with Crippen molar-refractivity contribution in [3.05, 3.63) is 25.0 Å². The van der Waals surface area contributed by atoms with Crippen LogP contribution < -0.4 is 0 Å². The van der Waals surface area contributed by atoms with Crippen LogP contribution in [0.15, 0.2) is 25.0 Å². The molecule has 0 spiro atoms. The standard InChI is InChI=1S/C20H38O/c1-3-5-6-7-8-9-10-11-12-13-14-15-16-17-18-19-20-21-4-2/h4,11-12H,2-3,5-10,13-20H2,1H3/b12-11-. The highest BCUT2D eigenvalue weighted by atomic mass is 16.5. The van der Waals surface area contributed by atoms with Crippen molar-refractivity contribution in [2.24, 2.45) is 0 Å². The summed E-state index contributed by atoms with van der Waals surface area (Å²) in [6, 6.07) is 0. The van der Waals surface area contributed by atoms with Crippen LogP contribution in [-0.2, 0) is 4.74 Å². The lowest BCUT2D eigenvalue weighted by Crippen LogP contribution is -1.87.